The fourth-order valence-corrected chi connectivity index (χ4v) is 3.76. The standard InChI is InChI=1S/C21H32FN5/c1-5-23-21(26-20-13-27(14(2)3)12-15(20)4)24-9-8-16-11-25-19-7-6-17(22)10-18(16)19/h6-7,10-11,14-15,20,25H,5,8-9,12-13H2,1-4H3,(H2,23,24,26). The van der Waals surface area contributed by atoms with E-state index in [4.69, 9.17) is 4.99 Å². The molecule has 27 heavy (non-hydrogen) atoms. The van der Waals surface area contributed by atoms with E-state index in [1.807, 2.05) is 6.20 Å². The highest BCUT2D eigenvalue weighted by molar-refractivity contribution is 5.83. The predicted octanol–water partition coefficient (Wildman–Crippen LogP) is 3.13. The van der Waals surface area contributed by atoms with E-state index in [1.165, 1.54) is 6.07 Å². The second-order valence-electron chi connectivity index (χ2n) is 7.79. The number of nitrogens with one attached hydrogen (secondary N) is 3. The normalized spacial score (nSPS) is 21.3. The molecular formula is C21H32FN5. The van der Waals surface area contributed by atoms with Crippen LogP contribution in [0.2, 0.25) is 0 Å². The van der Waals surface area contributed by atoms with E-state index < -0.39 is 0 Å². The SMILES string of the molecule is CCNC(=NCCc1c[nH]c2ccc(F)cc12)NC1CN(C(C)C)CC1C. The molecule has 1 fully saturated rings. The Balaban J connectivity index is 1.62. The van der Waals surface area contributed by atoms with Crippen LogP contribution >= 0.6 is 0 Å². The molecule has 1 aliphatic heterocycles. The topological polar surface area (TPSA) is 55.5 Å². The first-order chi connectivity index (χ1) is 13.0. The average molecular weight is 374 g/mol. The third kappa shape index (κ3) is 4.80. The van der Waals surface area contributed by atoms with Gasteiger partial charge in [-0.15, -0.1) is 0 Å². The minimum atomic E-state index is -0.202. The summed E-state index contributed by atoms with van der Waals surface area (Å²) >= 11 is 0. The van der Waals surface area contributed by atoms with Crippen LogP contribution in [0.15, 0.2) is 29.4 Å². The molecule has 1 aromatic heterocycles. The van der Waals surface area contributed by atoms with Gasteiger partial charge in [0.2, 0.25) is 0 Å². The Labute approximate surface area is 161 Å². The van der Waals surface area contributed by atoms with Crippen molar-refractivity contribution in [2.24, 2.45) is 10.9 Å². The number of H-pyrrole nitrogens is 1. The van der Waals surface area contributed by atoms with Crippen LogP contribution in [0.4, 0.5) is 4.39 Å². The number of fused-ring (bicyclic) bond motifs is 1. The molecule has 5 nitrogen and oxygen atoms in total. The molecule has 0 saturated carbocycles. The van der Waals surface area contributed by atoms with Crippen LogP contribution in [0.3, 0.4) is 0 Å². The monoisotopic (exact) mass is 373 g/mol. The van der Waals surface area contributed by atoms with Gasteiger partial charge in [-0.3, -0.25) is 9.89 Å². The Bertz CT molecular complexity index is 782. The van der Waals surface area contributed by atoms with Gasteiger partial charge in [-0.25, -0.2) is 4.39 Å². The first-order valence-corrected chi connectivity index (χ1v) is 10.0. The second kappa shape index (κ2) is 8.74. The van der Waals surface area contributed by atoms with Gasteiger partial charge in [-0.1, -0.05) is 6.92 Å². The molecule has 3 rings (SSSR count). The lowest BCUT2D eigenvalue weighted by atomic mass is 10.1. The number of hydrogen-bond donors (Lipinski definition) is 3. The van der Waals surface area contributed by atoms with E-state index in [0.29, 0.717) is 24.5 Å². The third-order valence-corrected chi connectivity index (χ3v) is 5.42. The Hall–Kier alpha value is -2.08. The number of rotatable bonds is 6. The highest BCUT2D eigenvalue weighted by Gasteiger charge is 2.31. The van der Waals surface area contributed by atoms with Crippen LogP contribution in [0.5, 0.6) is 0 Å². The summed E-state index contributed by atoms with van der Waals surface area (Å²) in [5, 5.41) is 7.90. The maximum atomic E-state index is 13.5. The number of aromatic nitrogens is 1. The quantitative estimate of drug-likeness (QED) is 0.539. The Morgan fingerprint density at radius 3 is 2.89 bits per heavy atom. The first-order valence-electron chi connectivity index (χ1n) is 10.0. The van der Waals surface area contributed by atoms with E-state index in [1.54, 1.807) is 12.1 Å². The van der Waals surface area contributed by atoms with Crippen LogP contribution in [-0.4, -0.2) is 54.1 Å². The van der Waals surface area contributed by atoms with Gasteiger partial charge < -0.3 is 15.6 Å². The van der Waals surface area contributed by atoms with Gasteiger partial charge in [0.05, 0.1) is 0 Å². The zero-order valence-electron chi connectivity index (χ0n) is 16.8. The Morgan fingerprint density at radius 2 is 2.19 bits per heavy atom. The second-order valence-corrected chi connectivity index (χ2v) is 7.79. The molecule has 3 N–H and O–H groups in total. The van der Waals surface area contributed by atoms with Crippen LogP contribution in [0, 0.1) is 11.7 Å². The van der Waals surface area contributed by atoms with E-state index >= 15 is 0 Å². The number of aliphatic imine (C=N–C) groups is 1. The molecule has 2 heterocycles. The lowest BCUT2D eigenvalue weighted by Crippen LogP contribution is -2.46. The number of aromatic amines is 1. The summed E-state index contributed by atoms with van der Waals surface area (Å²) in [6.45, 7) is 12.5. The minimum absolute atomic E-state index is 0.202. The number of guanidine groups is 1. The predicted molar refractivity (Wildman–Crippen MR) is 111 cm³/mol. The number of likely N-dealkylation sites (tertiary alicyclic amines) is 1. The van der Waals surface area contributed by atoms with Crippen molar-refractivity contribution in [3.63, 3.8) is 0 Å². The molecule has 1 aliphatic rings. The summed E-state index contributed by atoms with van der Waals surface area (Å²) in [7, 11) is 0. The fraction of sp³-hybridized carbons (Fsp3) is 0.571. The molecule has 0 aliphatic carbocycles. The molecule has 0 radical (unpaired) electrons. The summed E-state index contributed by atoms with van der Waals surface area (Å²) in [6, 6.07) is 5.84. The number of halogens is 1. The van der Waals surface area contributed by atoms with Crippen LogP contribution < -0.4 is 10.6 Å². The minimum Gasteiger partial charge on any atom is -0.361 e. The summed E-state index contributed by atoms with van der Waals surface area (Å²) in [5.74, 6) is 1.26. The van der Waals surface area contributed by atoms with E-state index in [-0.39, 0.29) is 5.82 Å². The van der Waals surface area contributed by atoms with Crippen molar-refractivity contribution in [3.05, 3.63) is 35.8 Å². The van der Waals surface area contributed by atoms with Gasteiger partial charge in [-0.2, -0.15) is 0 Å². The van der Waals surface area contributed by atoms with Crippen LogP contribution in [0.1, 0.15) is 33.3 Å². The highest BCUT2D eigenvalue weighted by atomic mass is 19.1. The summed E-state index contributed by atoms with van der Waals surface area (Å²) in [6.07, 6.45) is 2.73. The van der Waals surface area contributed by atoms with Crippen LogP contribution in [-0.2, 0) is 6.42 Å². The molecule has 0 bridgehead atoms. The summed E-state index contributed by atoms with van der Waals surface area (Å²) in [5.41, 5.74) is 2.07. The zero-order valence-corrected chi connectivity index (χ0v) is 16.8. The average Bonchev–Trinajstić information content (AvgIpc) is 3.19. The van der Waals surface area contributed by atoms with E-state index in [9.17, 15) is 4.39 Å². The third-order valence-electron chi connectivity index (χ3n) is 5.42. The molecule has 1 aromatic carbocycles. The molecule has 0 amide bonds. The van der Waals surface area contributed by atoms with Crippen molar-refractivity contribution in [1.29, 1.82) is 0 Å². The van der Waals surface area contributed by atoms with Gasteiger partial charge in [0.15, 0.2) is 5.96 Å². The zero-order chi connectivity index (χ0) is 19.4. The molecule has 2 unspecified atom stereocenters. The van der Waals surface area contributed by atoms with Crippen molar-refractivity contribution < 1.29 is 4.39 Å². The fourth-order valence-electron chi connectivity index (χ4n) is 3.76. The molecule has 0 spiro atoms. The summed E-state index contributed by atoms with van der Waals surface area (Å²) < 4.78 is 13.5. The Kier molecular flexibility index (Phi) is 6.37. The van der Waals surface area contributed by atoms with Gasteiger partial charge in [0, 0.05) is 55.4 Å². The van der Waals surface area contributed by atoms with Crippen molar-refractivity contribution in [3.8, 4) is 0 Å². The van der Waals surface area contributed by atoms with Crippen molar-refractivity contribution >= 4 is 16.9 Å². The lowest BCUT2D eigenvalue weighted by Gasteiger charge is -2.21. The van der Waals surface area contributed by atoms with Gasteiger partial charge in [-0.05, 0) is 56.9 Å². The van der Waals surface area contributed by atoms with Gasteiger partial charge >= 0.3 is 0 Å². The molecule has 1 saturated heterocycles. The molecule has 2 aromatic rings. The lowest BCUT2D eigenvalue weighted by molar-refractivity contribution is 0.265. The van der Waals surface area contributed by atoms with Crippen molar-refractivity contribution in [2.75, 3.05) is 26.2 Å². The maximum Gasteiger partial charge on any atom is 0.191 e. The van der Waals surface area contributed by atoms with Gasteiger partial charge in [0.25, 0.3) is 0 Å². The summed E-state index contributed by atoms with van der Waals surface area (Å²) in [4.78, 5) is 10.5. The molecular weight excluding hydrogens is 341 g/mol. The van der Waals surface area contributed by atoms with Gasteiger partial charge in [0.1, 0.15) is 5.82 Å². The molecule has 6 heteroatoms. The largest absolute Gasteiger partial charge is 0.361 e. The first kappa shape index (κ1) is 19.7. The Morgan fingerprint density at radius 1 is 1.37 bits per heavy atom. The molecule has 148 valence electrons. The van der Waals surface area contributed by atoms with E-state index in [2.05, 4.69) is 48.2 Å². The highest BCUT2D eigenvalue weighted by Crippen LogP contribution is 2.20. The van der Waals surface area contributed by atoms with Crippen molar-refractivity contribution in [2.45, 2.75) is 46.2 Å². The molecule has 2 atom stereocenters. The van der Waals surface area contributed by atoms with Crippen molar-refractivity contribution in [1.82, 2.24) is 20.5 Å². The maximum absolute atomic E-state index is 13.5. The number of nitrogens with zero attached hydrogens (tertiary/aromatic N) is 2. The van der Waals surface area contributed by atoms with E-state index in [0.717, 1.165) is 48.5 Å². The van der Waals surface area contributed by atoms with Crippen LogP contribution in [0.25, 0.3) is 10.9 Å². The number of hydrogen-bond acceptors (Lipinski definition) is 2. The smallest absolute Gasteiger partial charge is 0.191 e. The number of benzene rings is 1.